The number of nitrogens with zero attached hydrogens (tertiary/aromatic N) is 5. The molecule has 2 aromatic carbocycles. The van der Waals surface area contributed by atoms with E-state index in [1.54, 1.807) is 29.6 Å². The molecule has 3 N–H and O–H groups in total. The number of aryl methyl sites for hydroxylation is 1. The largest absolute Gasteiger partial charge is 0.398 e. The van der Waals surface area contributed by atoms with Gasteiger partial charge in [-0.25, -0.2) is 9.97 Å². The molecule has 2 aromatic heterocycles. The first-order valence-electron chi connectivity index (χ1n) is 15.7. The predicted molar refractivity (Wildman–Crippen MR) is 184 cm³/mol. The van der Waals surface area contributed by atoms with Crippen LogP contribution in [0.2, 0.25) is 0 Å². The second-order valence-corrected chi connectivity index (χ2v) is 12.9. The molecule has 6 rings (SSSR count). The molecule has 2 aliphatic heterocycles. The minimum atomic E-state index is -0.0372. The van der Waals surface area contributed by atoms with E-state index in [1.165, 1.54) is 16.7 Å². The average molecular weight is 638 g/mol. The van der Waals surface area contributed by atoms with Crippen molar-refractivity contribution in [1.82, 2.24) is 19.8 Å². The molecule has 0 bridgehead atoms. The van der Waals surface area contributed by atoms with Crippen LogP contribution in [0.15, 0.2) is 54.6 Å². The number of ketones is 1. The SMILES string of the molecule is Cc1ccc(/C=C/C(=O)CCC(=O)N2CCN(Cc3cc4nc(-c5cccc(N)c5C=N)nc(N5CCOCC5)c4s3)CC2)cc1. The fourth-order valence-electron chi connectivity index (χ4n) is 5.81. The Morgan fingerprint density at radius 2 is 1.76 bits per heavy atom. The number of nitrogen functional groups attached to an aromatic ring is 1. The van der Waals surface area contributed by atoms with Crippen molar-refractivity contribution in [2.24, 2.45) is 0 Å². The van der Waals surface area contributed by atoms with E-state index in [4.69, 9.17) is 25.8 Å². The number of rotatable bonds is 10. The number of aromatic nitrogens is 2. The van der Waals surface area contributed by atoms with Crippen LogP contribution in [0.25, 0.3) is 27.7 Å². The van der Waals surface area contributed by atoms with Gasteiger partial charge in [0.1, 0.15) is 0 Å². The molecule has 4 heterocycles. The molecule has 0 unspecified atom stereocenters. The van der Waals surface area contributed by atoms with Gasteiger partial charge in [-0.1, -0.05) is 48.0 Å². The highest BCUT2D eigenvalue weighted by atomic mass is 32.1. The molecule has 0 atom stereocenters. The van der Waals surface area contributed by atoms with E-state index in [2.05, 4.69) is 15.9 Å². The number of hydrogen-bond acceptors (Lipinski definition) is 10. The Bertz CT molecular complexity index is 1750. The fraction of sp³-hybridized carbons (Fsp3) is 0.343. The molecule has 0 radical (unpaired) electrons. The Labute approximate surface area is 273 Å². The van der Waals surface area contributed by atoms with Crippen molar-refractivity contribution in [3.05, 3.63) is 76.2 Å². The minimum Gasteiger partial charge on any atom is -0.398 e. The van der Waals surface area contributed by atoms with Gasteiger partial charge < -0.3 is 25.7 Å². The van der Waals surface area contributed by atoms with E-state index in [-0.39, 0.29) is 24.5 Å². The summed E-state index contributed by atoms with van der Waals surface area (Å²) < 4.78 is 6.64. The molecule has 2 saturated heterocycles. The lowest BCUT2D eigenvalue weighted by Gasteiger charge is -2.34. The van der Waals surface area contributed by atoms with Crippen molar-refractivity contribution in [1.29, 1.82) is 5.41 Å². The first kappa shape index (κ1) is 31.5. The second-order valence-electron chi connectivity index (χ2n) is 11.7. The number of allylic oxidation sites excluding steroid dienone is 1. The lowest BCUT2D eigenvalue weighted by molar-refractivity contribution is -0.134. The van der Waals surface area contributed by atoms with Crippen molar-refractivity contribution in [3.8, 4) is 11.4 Å². The van der Waals surface area contributed by atoms with Crippen molar-refractivity contribution in [2.75, 3.05) is 63.1 Å². The monoisotopic (exact) mass is 637 g/mol. The minimum absolute atomic E-state index is 0.0300. The van der Waals surface area contributed by atoms with Crippen LogP contribution in [0.1, 0.15) is 34.4 Å². The summed E-state index contributed by atoms with van der Waals surface area (Å²) in [5, 5.41) is 7.94. The number of morpholine rings is 1. The van der Waals surface area contributed by atoms with Gasteiger partial charge in [0.15, 0.2) is 17.4 Å². The smallest absolute Gasteiger partial charge is 0.223 e. The highest BCUT2D eigenvalue weighted by Gasteiger charge is 2.24. The Morgan fingerprint density at radius 1 is 1.00 bits per heavy atom. The first-order chi connectivity index (χ1) is 22.4. The molecule has 0 spiro atoms. The number of piperazine rings is 1. The summed E-state index contributed by atoms with van der Waals surface area (Å²) in [4.78, 5) is 42.9. The third-order valence-corrected chi connectivity index (χ3v) is 9.57. The van der Waals surface area contributed by atoms with E-state index in [0.29, 0.717) is 43.4 Å². The molecule has 4 aromatic rings. The number of nitrogens with two attached hydrogens (primary N) is 1. The number of hydrogen-bond donors (Lipinski definition) is 2. The summed E-state index contributed by atoms with van der Waals surface area (Å²) in [5.74, 6) is 1.43. The van der Waals surface area contributed by atoms with Gasteiger partial charge in [-0.2, -0.15) is 0 Å². The van der Waals surface area contributed by atoms with E-state index in [1.807, 2.05) is 48.2 Å². The van der Waals surface area contributed by atoms with Crippen molar-refractivity contribution >= 4 is 57.0 Å². The summed E-state index contributed by atoms with van der Waals surface area (Å²) in [6.07, 6.45) is 5.08. The number of nitrogens with one attached hydrogen (secondary N) is 1. The maximum absolute atomic E-state index is 12.9. The molecule has 46 heavy (non-hydrogen) atoms. The lowest BCUT2D eigenvalue weighted by atomic mass is 10.1. The van der Waals surface area contributed by atoms with Crippen LogP contribution >= 0.6 is 11.3 Å². The molecule has 1 amide bonds. The normalized spacial score (nSPS) is 15.9. The van der Waals surface area contributed by atoms with E-state index in [0.717, 1.165) is 59.9 Å². The van der Waals surface area contributed by atoms with Crippen LogP contribution < -0.4 is 10.6 Å². The number of benzene rings is 2. The number of thiophene rings is 1. The van der Waals surface area contributed by atoms with Crippen LogP contribution in [-0.2, 0) is 20.9 Å². The predicted octanol–water partition coefficient (Wildman–Crippen LogP) is 4.79. The van der Waals surface area contributed by atoms with Crippen molar-refractivity contribution in [2.45, 2.75) is 26.3 Å². The summed E-state index contributed by atoms with van der Waals surface area (Å²) in [5.41, 5.74) is 11.1. The Kier molecular flexibility index (Phi) is 9.82. The first-order valence-corrected chi connectivity index (χ1v) is 16.5. The molecule has 2 fully saturated rings. The van der Waals surface area contributed by atoms with Gasteiger partial charge in [0.05, 0.1) is 23.4 Å². The fourth-order valence-corrected chi connectivity index (χ4v) is 6.96. The summed E-state index contributed by atoms with van der Waals surface area (Å²) in [7, 11) is 0. The molecule has 11 heteroatoms. The Balaban J connectivity index is 1.10. The third kappa shape index (κ3) is 7.33. The van der Waals surface area contributed by atoms with Crippen LogP contribution in [0.4, 0.5) is 11.5 Å². The van der Waals surface area contributed by atoms with Crippen LogP contribution in [0, 0.1) is 12.3 Å². The highest BCUT2D eigenvalue weighted by molar-refractivity contribution is 7.19. The van der Waals surface area contributed by atoms with Crippen LogP contribution in [0.5, 0.6) is 0 Å². The van der Waals surface area contributed by atoms with Gasteiger partial charge in [0.25, 0.3) is 0 Å². The van der Waals surface area contributed by atoms with Gasteiger partial charge in [0.2, 0.25) is 5.91 Å². The average Bonchev–Trinajstić information content (AvgIpc) is 3.49. The van der Waals surface area contributed by atoms with E-state index >= 15 is 0 Å². The molecule has 0 aliphatic carbocycles. The van der Waals surface area contributed by atoms with Crippen LogP contribution in [0.3, 0.4) is 0 Å². The third-order valence-electron chi connectivity index (χ3n) is 8.47. The number of amides is 1. The Hall–Kier alpha value is -4.45. The lowest BCUT2D eigenvalue weighted by Crippen LogP contribution is -2.48. The van der Waals surface area contributed by atoms with Gasteiger partial charge in [-0.15, -0.1) is 11.3 Å². The van der Waals surface area contributed by atoms with Gasteiger partial charge in [-0.05, 0) is 30.7 Å². The van der Waals surface area contributed by atoms with E-state index in [9.17, 15) is 9.59 Å². The molecule has 238 valence electrons. The molecule has 2 aliphatic rings. The number of carbonyl (C=O) groups is 2. The summed E-state index contributed by atoms with van der Waals surface area (Å²) in [6, 6.07) is 15.7. The standard InChI is InChI=1S/C35H39N7O3S/c1-24-5-7-25(8-6-24)9-10-26(43)11-12-32(44)41-15-13-40(14-16-41)23-27-21-31-33(46-27)35(42-17-19-45-20-18-42)39-34(38-31)28-3-2-4-30(37)29(28)22-36/h2-10,21-22,36H,11-20,23,37H2,1H3/b10-9+,36-22?. The summed E-state index contributed by atoms with van der Waals surface area (Å²) in [6.45, 7) is 8.38. The molecule has 10 nitrogen and oxygen atoms in total. The zero-order chi connectivity index (χ0) is 32.0. The Morgan fingerprint density at radius 3 is 2.50 bits per heavy atom. The quantitative estimate of drug-likeness (QED) is 0.144. The number of fused-ring (bicyclic) bond motifs is 1. The molecular weight excluding hydrogens is 598 g/mol. The van der Waals surface area contributed by atoms with Gasteiger partial charge in [0, 0.05) is 86.6 Å². The number of anilines is 2. The van der Waals surface area contributed by atoms with Crippen molar-refractivity contribution < 1.29 is 14.3 Å². The maximum atomic E-state index is 12.9. The second kappa shape index (κ2) is 14.3. The molecular formula is C35H39N7O3S. The highest BCUT2D eigenvalue weighted by Crippen LogP contribution is 2.36. The topological polar surface area (TPSA) is 129 Å². The maximum Gasteiger partial charge on any atom is 0.223 e. The van der Waals surface area contributed by atoms with E-state index < -0.39 is 0 Å². The number of ether oxygens (including phenoxy) is 1. The van der Waals surface area contributed by atoms with Crippen molar-refractivity contribution in [3.63, 3.8) is 0 Å². The zero-order valence-electron chi connectivity index (χ0n) is 26.1. The van der Waals surface area contributed by atoms with Gasteiger partial charge in [-0.3, -0.25) is 14.5 Å². The number of carbonyl (C=O) groups excluding carboxylic acids is 2. The molecule has 0 saturated carbocycles. The van der Waals surface area contributed by atoms with Gasteiger partial charge >= 0.3 is 0 Å². The van der Waals surface area contributed by atoms with Crippen LogP contribution in [-0.4, -0.2) is 90.2 Å². The zero-order valence-corrected chi connectivity index (χ0v) is 26.9. The summed E-state index contributed by atoms with van der Waals surface area (Å²) >= 11 is 1.71.